The number of hydrogen-bond acceptors (Lipinski definition) is 4. The minimum absolute atomic E-state index is 0. The van der Waals surface area contributed by atoms with Gasteiger partial charge in [0.2, 0.25) is 5.91 Å². The maximum absolute atomic E-state index is 12.1. The number of rotatable bonds is 5. The molecule has 0 atom stereocenters. The van der Waals surface area contributed by atoms with Crippen molar-refractivity contribution >= 4 is 52.3 Å². The van der Waals surface area contributed by atoms with Gasteiger partial charge in [0.25, 0.3) is 0 Å². The van der Waals surface area contributed by atoms with E-state index in [9.17, 15) is 4.79 Å². The fourth-order valence-corrected chi connectivity index (χ4v) is 2.77. The monoisotopic (exact) mass is 427 g/mol. The van der Waals surface area contributed by atoms with Gasteiger partial charge in [0.15, 0.2) is 0 Å². The maximum atomic E-state index is 12.1. The number of aliphatic hydroxyl groups is 1. The number of β-amino-alcohol motifs (C(OH)–C–C–N with tert-alkyl or cyclic N) is 1. The van der Waals surface area contributed by atoms with Crippen molar-refractivity contribution in [1.29, 1.82) is 0 Å². The topological polar surface area (TPSA) is 55.8 Å². The van der Waals surface area contributed by atoms with Crippen molar-refractivity contribution in [2.45, 2.75) is 6.92 Å². The highest BCUT2D eigenvalue weighted by atomic mass is 79.9. The molecule has 1 aliphatic heterocycles. The molecule has 1 fully saturated rings. The number of carbonyl (C=O) groups excluding carboxylic acids is 1. The molecule has 132 valence electrons. The lowest BCUT2D eigenvalue weighted by molar-refractivity contribution is -0.117. The molecule has 0 saturated carbocycles. The molecule has 0 aromatic heterocycles. The number of aliphatic hydroxyl groups excluding tert-OH is 1. The van der Waals surface area contributed by atoms with Gasteiger partial charge < -0.3 is 10.4 Å². The molecule has 0 bridgehead atoms. The largest absolute Gasteiger partial charge is 0.395 e. The number of aryl methyl sites for hydroxylation is 1. The van der Waals surface area contributed by atoms with Crippen LogP contribution in [0.25, 0.3) is 0 Å². The number of hydrogen-bond donors (Lipinski definition) is 2. The van der Waals surface area contributed by atoms with E-state index in [-0.39, 0.29) is 37.3 Å². The van der Waals surface area contributed by atoms with Gasteiger partial charge in [-0.2, -0.15) is 0 Å². The van der Waals surface area contributed by atoms with Crippen LogP contribution in [-0.4, -0.2) is 66.7 Å². The Labute approximate surface area is 158 Å². The average Bonchev–Trinajstić information content (AvgIpc) is 2.45. The minimum Gasteiger partial charge on any atom is -0.395 e. The van der Waals surface area contributed by atoms with Crippen LogP contribution in [0.2, 0.25) is 0 Å². The lowest BCUT2D eigenvalue weighted by Crippen LogP contribution is -2.49. The van der Waals surface area contributed by atoms with Gasteiger partial charge in [0.05, 0.1) is 13.2 Å². The summed E-state index contributed by atoms with van der Waals surface area (Å²) in [4.78, 5) is 16.4. The second-order valence-electron chi connectivity index (χ2n) is 5.35. The number of benzene rings is 1. The van der Waals surface area contributed by atoms with Crippen LogP contribution in [0.15, 0.2) is 22.7 Å². The van der Waals surface area contributed by atoms with E-state index in [1.807, 2.05) is 25.1 Å². The van der Waals surface area contributed by atoms with E-state index in [2.05, 4.69) is 31.0 Å². The fourth-order valence-electron chi connectivity index (χ4n) is 2.39. The predicted molar refractivity (Wildman–Crippen MR) is 102 cm³/mol. The summed E-state index contributed by atoms with van der Waals surface area (Å²) in [6.45, 7) is 6.89. The first-order chi connectivity index (χ1) is 10.1. The van der Waals surface area contributed by atoms with Crippen molar-refractivity contribution in [2.75, 3.05) is 51.2 Å². The summed E-state index contributed by atoms with van der Waals surface area (Å²) >= 11 is 3.47. The molecule has 1 aromatic carbocycles. The number of anilines is 1. The Kier molecular flexibility index (Phi) is 11.1. The highest BCUT2D eigenvalue weighted by Gasteiger charge is 2.18. The van der Waals surface area contributed by atoms with Gasteiger partial charge in [0, 0.05) is 42.9 Å². The molecule has 8 heteroatoms. The van der Waals surface area contributed by atoms with Crippen LogP contribution >= 0.6 is 40.7 Å². The number of halogens is 3. The normalized spacial score (nSPS) is 15.4. The molecule has 5 nitrogen and oxygen atoms in total. The van der Waals surface area contributed by atoms with Crippen LogP contribution in [0.5, 0.6) is 0 Å². The van der Waals surface area contributed by atoms with E-state index in [1.165, 1.54) is 0 Å². The third-order valence-corrected chi connectivity index (χ3v) is 4.56. The van der Waals surface area contributed by atoms with Crippen LogP contribution in [0.4, 0.5) is 5.69 Å². The molecule has 0 radical (unpaired) electrons. The molecule has 2 rings (SSSR count). The van der Waals surface area contributed by atoms with Gasteiger partial charge in [-0.1, -0.05) is 22.0 Å². The fraction of sp³-hybridized carbons (Fsp3) is 0.533. The Balaban J connectivity index is 0.00000242. The Morgan fingerprint density at radius 2 is 1.83 bits per heavy atom. The first-order valence-corrected chi connectivity index (χ1v) is 7.99. The number of nitrogens with zero attached hydrogens (tertiary/aromatic N) is 2. The third kappa shape index (κ3) is 7.37. The van der Waals surface area contributed by atoms with Crippen molar-refractivity contribution in [3.8, 4) is 0 Å². The zero-order valence-electron chi connectivity index (χ0n) is 13.1. The second kappa shape index (κ2) is 11.2. The summed E-state index contributed by atoms with van der Waals surface area (Å²) in [6, 6.07) is 5.82. The van der Waals surface area contributed by atoms with Crippen molar-refractivity contribution in [3.63, 3.8) is 0 Å². The predicted octanol–water partition coefficient (Wildman–Crippen LogP) is 2.15. The number of piperazine rings is 1. The average molecular weight is 429 g/mol. The molecular formula is C15H24BrCl2N3O2. The summed E-state index contributed by atoms with van der Waals surface area (Å²) in [5.74, 6) is 0.0151. The number of amides is 1. The molecule has 1 aromatic rings. The van der Waals surface area contributed by atoms with Gasteiger partial charge in [0.1, 0.15) is 0 Å². The Bertz CT molecular complexity index is 498. The van der Waals surface area contributed by atoms with E-state index in [0.29, 0.717) is 6.54 Å². The van der Waals surface area contributed by atoms with Gasteiger partial charge in [-0.15, -0.1) is 24.8 Å². The molecule has 23 heavy (non-hydrogen) atoms. The summed E-state index contributed by atoms with van der Waals surface area (Å²) in [5.41, 5.74) is 1.96. The van der Waals surface area contributed by atoms with E-state index in [0.717, 1.165) is 48.4 Å². The Hall–Kier alpha value is -0.370. The highest BCUT2D eigenvalue weighted by Crippen LogP contribution is 2.20. The maximum Gasteiger partial charge on any atom is 0.238 e. The molecule has 1 amide bonds. The molecular weight excluding hydrogens is 405 g/mol. The summed E-state index contributed by atoms with van der Waals surface area (Å²) < 4.78 is 0.998. The van der Waals surface area contributed by atoms with Crippen molar-refractivity contribution < 1.29 is 9.90 Å². The molecule has 0 unspecified atom stereocenters. The standard InChI is InChI=1S/C15H22BrN3O2.2ClH/c1-12-2-3-13(10-14(12)16)17-15(21)11-19-6-4-18(5-7-19)8-9-20;;/h2-3,10,20H,4-9,11H2,1H3,(H,17,21);2*1H. The summed E-state index contributed by atoms with van der Waals surface area (Å²) in [5, 5.41) is 11.8. The lowest BCUT2D eigenvalue weighted by Gasteiger charge is -2.33. The zero-order chi connectivity index (χ0) is 15.2. The smallest absolute Gasteiger partial charge is 0.238 e. The van der Waals surface area contributed by atoms with Crippen LogP contribution < -0.4 is 5.32 Å². The quantitative estimate of drug-likeness (QED) is 0.754. The Morgan fingerprint density at radius 3 is 2.39 bits per heavy atom. The van der Waals surface area contributed by atoms with Crippen LogP contribution in [-0.2, 0) is 4.79 Å². The first kappa shape index (κ1) is 22.6. The molecule has 1 heterocycles. The molecule has 1 saturated heterocycles. The van der Waals surface area contributed by atoms with Crippen molar-refractivity contribution in [1.82, 2.24) is 9.80 Å². The molecule has 2 N–H and O–H groups in total. The van der Waals surface area contributed by atoms with E-state index < -0.39 is 0 Å². The van der Waals surface area contributed by atoms with Crippen molar-refractivity contribution in [2.24, 2.45) is 0 Å². The zero-order valence-corrected chi connectivity index (χ0v) is 16.3. The van der Waals surface area contributed by atoms with E-state index >= 15 is 0 Å². The highest BCUT2D eigenvalue weighted by molar-refractivity contribution is 9.10. The van der Waals surface area contributed by atoms with Crippen LogP contribution in [0.3, 0.4) is 0 Å². The summed E-state index contributed by atoms with van der Waals surface area (Å²) in [7, 11) is 0. The van der Waals surface area contributed by atoms with Crippen LogP contribution in [0, 0.1) is 6.92 Å². The molecule has 0 spiro atoms. The second-order valence-corrected chi connectivity index (χ2v) is 6.21. The van der Waals surface area contributed by atoms with Gasteiger partial charge in [-0.3, -0.25) is 14.6 Å². The SMILES string of the molecule is Cc1ccc(NC(=O)CN2CCN(CCO)CC2)cc1Br.Cl.Cl. The number of nitrogens with one attached hydrogen (secondary N) is 1. The Morgan fingerprint density at radius 1 is 1.22 bits per heavy atom. The van der Waals surface area contributed by atoms with Crippen molar-refractivity contribution in [3.05, 3.63) is 28.2 Å². The molecule has 0 aliphatic carbocycles. The van der Waals surface area contributed by atoms with E-state index in [1.54, 1.807) is 0 Å². The van der Waals surface area contributed by atoms with Crippen LogP contribution in [0.1, 0.15) is 5.56 Å². The van der Waals surface area contributed by atoms with Gasteiger partial charge in [-0.05, 0) is 24.6 Å². The summed E-state index contributed by atoms with van der Waals surface area (Å²) in [6.07, 6.45) is 0. The number of carbonyl (C=O) groups is 1. The lowest BCUT2D eigenvalue weighted by atomic mass is 10.2. The minimum atomic E-state index is 0. The molecule has 1 aliphatic rings. The van der Waals surface area contributed by atoms with Gasteiger partial charge in [-0.25, -0.2) is 0 Å². The van der Waals surface area contributed by atoms with E-state index in [4.69, 9.17) is 5.11 Å². The van der Waals surface area contributed by atoms with Gasteiger partial charge >= 0.3 is 0 Å². The first-order valence-electron chi connectivity index (χ1n) is 7.20. The third-order valence-electron chi connectivity index (χ3n) is 3.70.